The molecule has 4 aromatic carbocycles. The van der Waals surface area contributed by atoms with E-state index >= 15 is 0 Å². The first-order valence-electron chi connectivity index (χ1n) is 24.8. The zero-order valence-corrected chi connectivity index (χ0v) is 44.7. The van der Waals surface area contributed by atoms with Gasteiger partial charge in [-0.25, -0.2) is 0 Å². The average molecular weight is 1000 g/mol. The van der Waals surface area contributed by atoms with E-state index in [1.54, 1.807) is 71.1 Å². The van der Waals surface area contributed by atoms with Crippen LogP contribution in [-0.2, 0) is 44.7 Å². The van der Waals surface area contributed by atoms with Crippen molar-refractivity contribution in [2.45, 2.75) is 76.3 Å². The summed E-state index contributed by atoms with van der Waals surface area (Å²) < 4.78 is 69.9. The highest BCUT2D eigenvalue weighted by molar-refractivity contribution is 5.70. The van der Waals surface area contributed by atoms with E-state index in [1.807, 2.05) is 24.3 Å². The Bertz CT molecular complexity index is 2260. The Morgan fingerprint density at radius 2 is 0.750 bits per heavy atom. The lowest BCUT2D eigenvalue weighted by Crippen LogP contribution is -2.52. The Balaban J connectivity index is 0.991. The van der Waals surface area contributed by atoms with E-state index in [9.17, 15) is 9.59 Å². The fraction of sp³-hybridized carbons (Fsp3) is 0.536. The maximum Gasteiger partial charge on any atom is 0.305 e. The fourth-order valence-corrected chi connectivity index (χ4v) is 10.7. The van der Waals surface area contributed by atoms with E-state index < -0.39 is 0 Å². The summed E-state index contributed by atoms with van der Waals surface area (Å²) in [5.41, 5.74) is 6.90. The lowest BCUT2D eigenvalue weighted by Gasteiger charge is -2.46. The number of esters is 2. The normalized spacial score (nSPS) is 18.9. The summed E-state index contributed by atoms with van der Waals surface area (Å²) in [4.78, 5) is 25.9. The third kappa shape index (κ3) is 12.7. The summed E-state index contributed by atoms with van der Waals surface area (Å²) in [6.45, 7) is 3.95. The van der Waals surface area contributed by atoms with Crippen molar-refractivity contribution in [3.05, 3.63) is 81.9 Å². The maximum absolute atomic E-state index is 12.9. The van der Waals surface area contributed by atoms with Gasteiger partial charge in [-0.1, -0.05) is 0 Å². The number of carbonyl (C=O) groups is 2. The molecule has 0 amide bonds. The van der Waals surface area contributed by atoms with Crippen LogP contribution >= 0.6 is 0 Å². The predicted molar refractivity (Wildman–Crippen MR) is 273 cm³/mol. The number of rotatable bonds is 27. The molecule has 394 valence electrons. The van der Waals surface area contributed by atoms with Crippen molar-refractivity contribution in [1.82, 2.24) is 0 Å². The molecule has 16 nitrogen and oxygen atoms in total. The zero-order chi connectivity index (χ0) is 52.0. The molecule has 6 rings (SSSR count). The number of hydrogen-bond acceptors (Lipinski definition) is 14. The van der Waals surface area contributed by atoms with Gasteiger partial charge in [0.1, 0.15) is 12.1 Å². The first kappa shape index (κ1) is 55.1. The summed E-state index contributed by atoms with van der Waals surface area (Å²) >= 11 is 0. The van der Waals surface area contributed by atoms with E-state index in [4.69, 9.17) is 56.8 Å². The van der Waals surface area contributed by atoms with Crippen molar-refractivity contribution < 1.29 is 75.4 Å². The van der Waals surface area contributed by atoms with E-state index in [0.717, 1.165) is 59.1 Å². The number of hydrogen-bond donors (Lipinski definition) is 0. The van der Waals surface area contributed by atoms with Crippen LogP contribution in [0, 0.1) is 0 Å². The minimum absolute atomic E-state index is 0.0468. The molecule has 0 bridgehead atoms. The van der Waals surface area contributed by atoms with Crippen LogP contribution in [0.3, 0.4) is 0 Å². The number of likely N-dealkylation sites (N-methyl/N-ethyl adjacent to an activating group) is 2. The first-order chi connectivity index (χ1) is 34.7. The minimum Gasteiger partial charge on any atom is -0.493 e. The Labute approximate surface area is 426 Å². The minimum atomic E-state index is -0.266. The van der Waals surface area contributed by atoms with E-state index in [0.29, 0.717) is 109 Å². The maximum atomic E-state index is 12.9. The van der Waals surface area contributed by atoms with Gasteiger partial charge in [-0.3, -0.25) is 9.59 Å². The van der Waals surface area contributed by atoms with Crippen LogP contribution in [0.4, 0.5) is 0 Å². The largest absolute Gasteiger partial charge is 0.493 e. The monoisotopic (exact) mass is 1000 g/mol. The summed E-state index contributed by atoms with van der Waals surface area (Å²) in [5.74, 6) is 5.74. The van der Waals surface area contributed by atoms with Crippen molar-refractivity contribution in [3.8, 4) is 57.5 Å². The van der Waals surface area contributed by atoms with Crippen molar-refractivity contribution in [2.24, 2.45) is 0 Å². The first-order valence-corrected chi connectivity index (χ1v) is 24.8. The summed E-state index contributed by atoms with van der Waals surface area (Å²) in [6.07, 6.45) is 6.00. The van der Waals surface area contributed by atoms with E-state index in [2.05, 4.69) is 38.4 Å². The summed E-state index contributed by atoms with van der Waals surface area (Å²) in [6, 6.07) is 16.5. The third-order valence-corrected chi connectivity index (χ3v) is 14.8. The quantitative estimate of drug-likeness (QED) is 0.0320. The van der Waals surface area contributed by atoms with Crippen LogP contribution in [0.15, 0.2) is 48.5 Å². The fourth-order valence-electron chi connectivity index (χ4n) is 10.7. The van der Waals surface area contributed by atoms with Crippen LogP contribution in [0.25, 0.3) is 0 Å². The molecule has 16 heteroatoms. The standard InChI is InChI=1S/C56H78N2O14/c1-57(23-19-39-33-45(61-3)47(63-5)35-41(39)43(57)27-37-29-49(65-7)55(69-11)50(30-37)66-8)21-15-25-71-53(59)17-13-14-18-54(60)72-26-16-22-58(2)24-20-40-34-46(62-4)48(64-6)36-42(40)44(58)28-38-31-51(67-9)56(70-12)52(32-38)68-10/h29-36,43-44H,13-28H2,1-12H3/q+2/t43-,44-,57?,58?/m1/s1. The van der Waals surface area contributed by atoms with E-state index in [1.165, 1.54) is 22.3 Å². The second-order valence-corrected chi connectivity index (χ2v) is 19.0. The van der Waals surface area contributed by atoms with Crippen molar-refractivity contribution in [1.29, 1.82) is 0 Å². The van der Waals surface area contributed by atoms with Gasteiger partial charge in [-0.05, 0) is 83.6 Å². The van der Waals surface area contributed by atoms with Gasteiger partial charge in [0.15, 0.2) is 46.0 Å². The second kappa shape index (κ2) is 25.4. The predicted octanol–water partition coefficient (Wildman–Crippen LogP) is 8.47. The van der Waals surface area contributed by atoms with Gasteiger partial charge in [0.25, 0.3) is 0 Å². The van der Waals surface area contributed by atoms with Gasteiger partial charge < -0.3 is 65.8 Å². The van der Waals surface area contributed by atoms with Crippen molar-refractivity contribution in [3.63, 3.8) is 0 Å². The molecule has 2 aliphatic heterocycles. The molecule has 4 aromatic rings. The molecule has 2 unspecified atom stereocenters. The molecular formula is C56H78N2O14+2. The Morgan fingerprint density at radius 1 is 0.431 bits per heavy atom. The van der Waals surface area contributed by atoms with Crippen LogP contribution in [0.5, 0.6) is 57.5 Å². The van der Waals surface area contributed by atoms with Gasteiger partial charge in [-0.2, -0.15) is 0 Å². The van der Waals surface area contributed by atoms with Crippen molar-refractivity contribution in [2.75, 3.05) is 125 Å². The number of ether oxygens (including phenoxy) is 12. The van der Waals surface area contributed by atoms with E-state index in [-0.39, 0.29) is 36.9 Å². The highest BCUT2D eigenvalue weighted by atomic mass is 16.6. The molecular weight excluding hydrogens is 925 g/mol. The molecule has 0 radical (unpaired) electrons. The number of quaternary nitrogens is 2. The molecule has 2 aliphatic rings. The Morgan fingerprint density at radius 3 is 1.06 bits per heavy atom. The summed E-state index contributed by atoms with van der Waals surface area (Å²) in [5, 5.41) is 0. The Kier molecular flexibility index (Phi) is 19.4. The topological polar surface area (TPSA) is 145 Å². The number of fused-ring (bicyclic) bond motifs is 2. The van der Waals surface area contributed by atoms with Gasteiger partial charge in [0.2, 0.25) is 11.5 Å². The van der Waals surface area contributed by atoms with Crippen LogP contribution < -0.4 is 47.4 Å². The van der Waals surface area contributed by atoms with Gasteiger partial charge in [-0.15, -0.1) is 0 Å². The molecule has 2 heterocycles. The number of unbranched alkanes of at least 4 members (excludes halogenated alkanes) is 1. The number of carbonyl (C=O) groups excluding carboxylic acids is 2. The van der Waals surface area contributed by atoms with Crippen LogP contribution in [-0.4, -0.2) is 145 Å². The van der Waals surface area contributed by atoms with Crippen LogP contribution in [0.2, 0.25) is 0 Å². The van der Waals surface area contributed by atoms with Gasteiger partial charge >= 0.3 is 11.9 Å². The molecule has 0 aliphatic carbocycles. The third-order valence-electron chi connectivity index (χ3n) is 14.8. The molecule has 0 N–H and O–H groups in total. The smallest absolute Gasteiger partial charge is 0.305 e. The van der Waals surface area contributed by atoms with Crippen LogP contribution in [0.1, 0.15) is 84.0 Å². The molecule has 4 atom stereocenters. The highest BCUT2D eigenvalue weighted by Gasteiger charge is 2.42. The zero-order valence-electron chi connectivity index (χ0n) is 44.7. The lowest BCUT2D eigenvalue weighted by atomic mass is 9.86. The SMILES string of the molecule is COc1cc2c(cc1OC)[C@@H](Cc1cc(OC)c(OC)c(OC)c1)[N+](C)(CCCOC(=O)CCCCC(=O)OCCC[N+]1(C)CCc3cc(OC)c(OC)cc3[C@H]1Cc1cc(OC)c(OC)c(OC)c1)CC2. The van der Waals surface area contributed by atoms with Gasteiger partial charge in [0.05, 0.1) is 125 Å². The summed E-state index contributed by atoms with van der Waals surface area (Å²) in [7, 11) is 20.8. The molecule has 0 fully saturated rings. The number of nitrogens with zero attached hydrogens (tertiary/aromatic N) is 2. The number of benzene rings is 4. The Hall–Kier alpha value is -6.26. The highest BCUT2D eigenvalue weighted by Crippen LogP contribution is 2.47. The second-order valence-electron chi connectivity index (χ2n) is 19.0. The molecule has 0 aromatic heterocycles. The molecule has 72 heavy (non-hydrogen) atoms. The molecule has 0 spiro atoms. The molecule has 0 saturated carbocycles. The van der Waals surface area contributed by atoms with Crippen molar-refractivity contribution >= 4 is 11.9 Å². The van der Waals surface area contributed by atoms with Gasteiger partial charge in [0, 0.05) is 62.5 Å². The average Bonchev–Trinajstić information content (AvgIpc) is 3.40. The molecule has 0 saturated heterocycles. The number of methoxy groups -OCH3 is 10. The lowest BCUT2D eigenvalue weighted by molar-refractivity contribution is -0.941.